The molecule has 1 aliphatic carbocycles. The molecule has 0 atom stereocenters. The van der Waals surface area contributed by atoms with E-state index in [1.54, 1.807) is 17.4 Å². The molecule has 7 nitrogen and oxygen atoms in total. The summed E-state index contributed by atoms with van der Waals surface area (Å²) in [6, 6.07) is 2.16. The molecule has 0 radical (unpaired) electrons. The highest BCUT2D eigenvalue weighted by molar-refractivity contribution is 7.99. The van der Waals surface area contributed by atoms with E-state index in [1.807, 2.05) is 4.57 Å². The fourth-order valence-electron chi connectivity index (χ4n) is 4.22. The van der Waals surface area contributed by atoms with Gasteiger partial charge in [-0.3, -0.25) is 9.36 Å². The summed E-state index contributed by atoms with van der Waals surface area (Å²) in [4.78, 5) is 27.9. The molecule has 0 aromatic carbocycles. The number of esters is 1. The van der Waals surface area contributed by atoms with E-state index in [9.17, 15) is 9.59 Å². The molecule has 0 spiro atoms. The van der Waals surface area contributed by atoms with E-state index in [1.165, 1.54) is 40.0 Å². The third kappa shape index (κ3) is 5.87. The molecule has 0 saturated heterocycles. The van der Waals surface area contributed by atoms with E-state index >= 15 is 0 Å². The van der Waals surface area contributed by atoms with Crippen LogP contribution in [0.25, 0.3) is 11.4 Å². The van der Waals surface area contributed by atoms with Gasteiger partial charge in [-0.15, -0.1) is 39.4 Å². The zero-order chi connectivity index (χ0) is 24.8. The summed E-state index contributed by atoms with van der Waals surface area (Å²) in [5, 5.41) is 15.1. The molecule has 4 rings (SSSR count). The van der Waals surface area contributed by atoms with Crippen LogP contribution < -0.4 is 5.32 Å². The number of nitrogens with zero attached hydrogens (tertiary/aromatic N) is 3. The Morgan fingerprint density at radius 1 is 1.29 bits per heavy atom. The Hall–Kier alpha value is -2.43. The van der Waals surface area contributed by atoms with Crippen LogP contribution >= 0.6 is 34.4 Å². The largest absolute Gasteiger partial charge is 0.465 e. The number of hydrogen-bond acceptors (Lipinski definition) is 8. The molecule has 186 valence electrons. The van der Waals surface area contributed by atoms with Crippen LogP contribution in [0, 0.1) is 0 Å². The number of carbonyl (C=O) groups is 2. The van der Waals surface area contributed by atoms with Gasteiger partial charge in [0.15, 0.2) is 11.0 Å². The van der Waals surface area contributed by atoms with Crippen molar-refractivity contribution in [1.82, 2.24) is 14.8 Å². The van der Waals surface area contributed by atoms with Crippen molar-refractivity contribution >= 4 is 51.3 Å². The lowest BCUT2D eigenvalue weighted by atomic mass is 10.1. The summed E-state index contributed by atoms with van der Waals surface area (Å²) in [7, 11) is 1.38. The molecule has 0 unspecified atom stereocenters. The van der Waals surface area contributed by atoms with Crippen molar-refractivity contribution in [3.63, 3.8) is 0 Å². The number of aromatic nitrogens is 3. The SMILES string of the molecule is C=CCn1c(SCC(=O)Nc2sc3c(c2C(=O)OC)CCCCC3)nnc1-c1csc(CCC)c1. The van der Waals surface area contributed by atoms with Gasteiger partial charge in [-0.1, -0.05) is 37.6 Å². The van der Waals surface area contributed by atoms with Gasteiger partial charge in [0.05, 0.1) is 18.4 Å². The van der Waals surface area contributed by atoms with E-state index in [-0.39, 0.29) is 17.6 Å². The highest BCUT2D eigenvalue weighted by atomic mass is 32.2. The van der Waals surface area contributed by atoms with Crippen LogP contribution in [0.5, 0.6) is 0 Å². The molecule has 1 amide bonds. The fraction of sp³-hybridized carbons (Fsp3) is 0.440. The second kappa shape index (κ2) is 12.0. The molecule has 0 bridgehead atoms. The number of carbonyl (C=O) groups excluding carboxylic acids is 2. The topological polar surface area (TPSA) is 86.1 Å². The van der Waals surface area contributed by atoms with Crippen LogP contribution in [0.4, 0.5) is 5.00 Å². The lowest BCUT2D eigenvalue weighted by molar-refractivity contribution is -0.113. The zero-order valence-corrected chi connectivity index (χ0v) is 22.5. The number of thioether (sulfide) groups is 1. The molecule has 0 aliphatic heterocycles. The number of rotatable bonds is 10. The predicted octanol–water partition coefficient (Wildman–Crippen LogP) is 5.99. The average molecular weight is 531 g/mol. The molecule has 3 aromatic rings. The van der Waals surface area contributed by atoms with Crippen LogP contribution in [-0.2, 0) is 35.3 Å². The summed E-state index contributed by atoms with van der Waals surface area (Å²) in [5.74, 6) is 0.359. The quantitative estimate of drug-likeness (QED) is 0.150. The molecule has 0 fully saturated rings. The minimum atomic E-state index is -0.388. The summed E-state index contributed by atoms with van der Waals surface area (Å²) >= 11 is 4.56. The summed E-state index contributed by atoms with van der Waals surface area (Å²) in [5.41, 5.74) is 2.59. The number of allylic oxidation sites excluding steroid dienone is 1. The molecule has 3 aromatic heterocycles. The Bertz CT molecular complexity index is 1210. The first-order valence-electron chi connectivity index (χ1n) is 11.8. The monoisotopic (exact) mass is 530 g/mol. The van der Waals surface area contributed by atoms with Crippen molar-refractivity contribution in [2.75, 3.05) is 18.2 Å². The minimum Gasteiger partial charge on any atom is -0.465 e. The number of aryl methyl sites for hydroxylation is 2. The lowest BCUT2D eigenvalue weighted by Crippen LogP contribution is -2.16. The van der Waals surface area contributed by atoms with Crippen molar-refractivity contribution in [3.05, 3.63) is 45.0 Å². The van der Waals surface area contributed by atoms with Crippen LogP contribution in [-0.4, -0.2) is 39.5 Å². The molecule has 1 N–H and O–H groups in total. The number of anilines is 1. The maximum atomic E-state index is 12.9. The van der Waals surface area contributed by atoms with E-state index in [4.69, 9.17) is 4.74 Å². The van der Waals surface area contributed by atoms with Crippen LogP contribution in [0.3, 0.4) is 0 Å². The second-order valence-corrected chi connectivity index (χ2v) is 11.4. The van der Waals surface area contributed by atoms with Gasteiger partial charge in [0.25, 0.3) is 0 Å². The van der Waals surface area contributed by atoms with Gasteiger partial charge in [-0.2, -0.15) is 0 Å². The highest BCUT2D eigenvalue weighted by Gasteiger charge is 2.26. The maximum absolute atomic E-state index is 12.9. The van der Waals surface area contributed by atoms with Crippen molar-refractivity contribution in [1.29, 1.82) is 0 Å². The Balaban J connectivity index is 1.49. The maximum Gasteiger partial charge on any atom is 0.341 e. The number of thiophene rings is 2. The Kier molecular flexibility index (Phi) is 8.80. The Labute approximate surface area is 218 Å². The number of nitrogens with one attached hydrogen (secondary N) is 1. The Morgan fingerprint density at radius 3 is 2.89 bits per heavy atom. The fourth-order valence-corrected chi connectivity index (χ4v) is 7.23. The zero-order valence-electron chi connectivity index (χ0n) is 20.1. The van der Waals surface area contributed by atoms with Gasteiger partial charge < -0.3 is 10.1 Å². The van der Waals surface area contributed by atoms with Gasteiger partial charge in [-0.25, -0.2) is 4.79 Å². The molecule has 35 heavy (non-hydrogen) atoms. The Morgan fingerprint density at radius 2 is 2.11 bits per heavy atom. The molecule has 1 aliphatic rings. The number of fused-ring (bicyclic) bond motifs is 1. The van der Waals surface area contributed by atoms with Crippen molar-refractivity contribution in [3.8, 4) is 11.4 Å². The molecule has 10 heteroatoms. The smallest absolute Gasteiger partial charge is 0.341 e. The minimum absolute atomic E-state index is 0.156. The predicted molar refractivity (Wildman–Crippen MR) is 144 cm³/mol. The van der Waals surface area contributed by atoms with Crippen molar-refractivity contribution < 1.29 is 14.3 Å². The third-order valence-electron chi connectivity index (χ3n) is 5.83. The first-order chi connectivity index (χ1) is 17.0. The van der Waals surface area contributed by atoms with Gasteiger partial charge in [0, 0.05) is 27.2 Å². The van der Waals surface area contributed by atoms with E-state index in [0.717, 1.165) is 61.9 Å². The number of methoxy groups -OCH3 is 1. The second-order valence-electron chi connectivity index (χ2n) is 8.35. The summed E-state index contributed by atoms with van der Waals surface area (Å²) < 4.78 is 7.02. The summed E-state index contributed by atoms with van der Waals surface area (Å²) in [6.07, 6.45) is 9.02. The lowest BCUT2D eigenvalue weighted by Gasteiger charge is -2.08. The van der Waals surface area contributed by atoms with Crippen LogP contribution in [0.15, 0.2) is 29.3 Å². The standard InChI is InChI=1S/C25H30N4O3S3/c1-4-9-17-13-16(14-33-17)22-27-28-25(29(22)12-5-2)34-15-20(30)26-23-21(24(31)32-3)18-10-7-6-8-11-19(18)35-23/h5,13-14H,2,4,6-12,15H2,1,3H3,(H,26,30). The van der Waals surface area contributed by atoms with Crippen molar-refractivity contribution in [2.45, 2.75) is 63.6 Å². The first kappa shape index (κ1) is 25.7. The number of ether oxygens (including phenoxy) is 1. The van der Waals surface area contributed by atoms with Gasteiger partial charge >= 0.3 is 5.97 Å². The molecule has 0 saturated carbocycles. The average Bonchev–Trinajstić information content (AvgIpc) is 3.51. The van der Waals surface area contributed by atoms with Gasteiger partial charge in [0.2, 0.25) is 5.91 Å². The highest BCUT2D eigenvalue weighted by Crippen LogP contribution is 2.38. The van der Waals surface area contributed by atoms with Gasteiger partial charge in [0.1, 0.15) is 5.00 Å². The van der Waals surface area contributed by atoms with Crippen molar-refractivity contribution in [2.24, 2.45) is 0 Å². The molecular weight excluding hydrogens is 501 g/mol. The third-order valence-corrected chi connectivity index (χ3v) is 9.00. The van der Waals surface area contributed by atoms with Crippen LogP contribution in [0.2, 0.25) is 0 Å². The van der Waals surface area contributed by atoms with E-state index in [2.05, 4.69) is 40.5 Å². The first-order valence-corrected chi connectivity index (χ1v) is 14.5. The number of hydrogen-bond donors (Lipinski definition) is 1. The molecular formula is C25H30N4O3S3. The van der Waals surface area contributed by atoms with E-state index in [0.29, 0.717) is 22.3 Å². The van der Waals surface area contributed by atoms with Crippen LogP contribution in [0.1, 0.15) is 58.3 Å². The number of amides is 1. The van der Waals surface area contributed by atoms with Gasteiger partial charge in [-0.05, 0) is 43.7 Å². The molecule has 3 heterocycles. The normalized spacial score (nSPS) is 13.2. The summed E-state index contributed by atoms with van der Waals surface area (Å²) in [6.45, 7) is 6.58. The van der Waals surface area contributed by atoms with E-state index < -0.39 is 0 Å².